The Balaban J connectivity index is -0.0000000133. The van der Waals surface area contributed by atoms with Crippen molar-refractivity contribution in [2.75, 3.05) is 0 Å². The molecule has 0 aliphatic carbocycles. The van der Waals surface area contributed by atoms with E-state index in [0.717, 1.165) is 0 Å². The maximum Gasteiger partial charge on any atom is 2.00 e. The van der Waals surface area contributed by atoms with Crippen LogP contribution in [-0.2, 0) is 26.7 Å². The SMILES string of the molecule is O.O.O=C([O-])C(=O)[O-].O=C([O-])[O-].[Fe+2].[Li+].[Li+]. The van der Waals surface area contributed by atoms with Gasteiger partial charge >= 0.3 is 54.8 Å². The van der Waals surface area contributed by atoms with Crippen LogP contribution in [0, 0.1) is 0 Å². The van der Waals surface area contributed by atoms with Crippen molar-refractivity contribution in [3.8, 4) is 0 Å². The molecule has 0 fully saturated rings. The molecule has 15 heavy (non-hydrogen) atoms. The van der Waals surface area contributed by atoms with Crippen molar-refractivity contribution >= 4 is 18.1 Å². The van der Waals surface area contributed by atoms with Crippen LogP contribution >= 0.6 is 0 Å². The second-order valence-corrected chi connectivity index (χ2v) is 0.825. The summed E-state index contributed by atoms with van der Waals surface area (Å²) in [6, 6.07) is 0. The number of carboxylic acids is 2. The number of carbonyl (C=O) groups is 3. The topological polar surface area (TPSA) is 206 Å². The molecule has 0 aromatic rings. The average molecular weight is 254 g/mol. The third-order valence-electron chi connectivity index (χ3n) is 0.167. The van der Waals surface area contributed by atoms with Gasteiger partial charge in [-0.1, -0.05) is 0 Å². The summed E-state index contributed by atoms with van der Waals surface area (Å²) in [6.07, 6.45) is -2.33. The molecule has 0 bridgehead atoms. The number of carboxylic acid groups (broad SMARTS) is 4. The minimum atomic E-state index is -2.33. The van der Waals surface area contributed by atoms with Gasteiger partial charge < -0.3 is 45.8 Å². The molecule has 0 aromatic carbocycles. The molecule has 0 atom stereocenters. The molecule has 80 valence electrons. The first-order chi connectivity index (χ1) is 4.37. The van der Waals surface area contributed by atoms with Gasteiger partial charge in [-0.15, -0.1) is 0 Å². The maximum atomic E-state index is 8.93. The molecule has 0 rings (SSSR count). The summed E-state index contributed by atoms with van der Waals surface area (Å²) in [7, 11) is 0. The standard InChI is InChI=1S/C2H2O4.CH2O3.Fe.2Li.2H2O/c3-1(4)2(5)6;2-1(3)4;;;;;/h(H,3,4)(H,5,6);(H2,2,3,4);;;;2*1H2/q;;+2;2*+1;;/p-4. The second-order valence-electron chi connectivity index (χ2n) is 0.825. The first kappa shape index (κ1) is 46.2. The van der Waals surface area contributed by atoms with E-state index in [9.17, 15) is 0 Å². The van der Waals surface area contributed by atoms with Crippen LogP contribution < -0.4 is 58.1 Å². The Morgan fingerprint density at radius 3 is 0.733 bits per heavy atom. The van der Waals surface area contributed by atoms with Gasteiger partial charge in [0.05, 0.1) is 11.9 Å². The fraction of sp³-hybridized carbons (Fsp3) is 0. The van der Waals surface area contributed by atoms with Gasteiger partial charge in [-0.25, -0.2) is 0 Å². The number of hydrogen-bond donors (Lipinski definition) is 0. The zero-order chi connectivity index (χ0) is 8.73. The quantitative estimate of drug-likeness (QED) is 0.300. The molecule has 12 heteroatoms. The summed E-state index contributed by atoms with van der Waals surface area (Å²) in [5, 5.41) is 34.5. The van der Waals surface area contributed by atoms with Crippen LogP contribution in [0.5, 0.6) is 0 Å². The Hall–Kier alpha value is -0.156. The molecule has 0 aliphatic heterocycles. The van der Waals surface area contributed by atoms with E-state index in [1.54, 1.807) is 0 Å². The first-order valence-electron chi connectivity index (χ1n) is 1.68. The summed E-state index contributed by atoms with van der Waals surface area (Å²) >= 11 is 0. The van der Waals surface area contributed by atoms with Gasteiger partial charge in [0.2, 0.25) is 0 Å². The number of carbonyl (C=O) groups excluding carboxylic acids is 3. The Kier molecular flexibility index (Phi) is 90.0. The zero-order valence-corrected chi connectivity index (χ0v) is 8.82. The van der Waals surface area contributed by atoms with Gasteiger partial charge in [0.15, 0.2) is 0 Å². The van der Waals surface area contributed by atoms with Crippen molar-refractivity contribution in [3.63, 3.8) is 0 Å². The molecule has 0 heterocycles. The minimum absolute atomic E-state index is 0. The molecule has 9 nitrogen and oxygen atoms in total. The smallest absolute Gasteiger partial charge is 0.652 e. The fourth-order valence-electron chi connectivity index (χ4n) is 0. The first-order valence-corrected chi connectivity index (χ1v) is 1.68. The van der Waals surface area contributed by atoms with E-state index in [-0.39, 0.29) is 65.7 Å². The zero-order valence-electron chi connectivity index (χ0n) is 7.71. The van der Waals surface area contributed by atoms with Crippen molar-refractivity contribution < 1.29 is 101 Å². The van der Waals surface area contributed by atoms with Crippen LogP contribution in [0.2, 0.25) is 0 Å². The van der Waals surface area contributed by atoms with E-state index in [2.05, 4.69) is 0 Å². The minimum Gasteiger partial charge on any atom is -0.652 e. The van der Waals surface area contributed by atoms with Crippen molar-refractivity contribution in [3.05, 3.63) is 0 Å². The normalized spacial score (nSPS) is 4.53. The van der Waals surface area contributed by atoms with Crippen molar-refractivity contribution in [1.82, 2.24) is 0 Å². The Labute approximate surface area is 118 Å². The third-order valence-corrected chi connectivity index (χ3v) is 0.167. The van der Waals surface area contributed by atoms with Gasteiger partial charge in [-0.05, 0) is 6.16 Å². The Morgan fingerprint density at radius 1 is 0.667 bits per heavy atom. The number of rotatable bonds is 0. The average Bonchev–Trinajstić information content (AvgIpc) is 1.63. The van der Waals surface area contributed by atoms with Crippen LogP contribution in [0.3, 0.4) is 0 Å². The van der Waals surface area contributed by atoms with Gasteiger partial charge in [-0.3, -0.25) is 0 Å². The third kappa shape index (κ3) is 131. The van der Waals surface area contributed by atoms with Crippen molar-refractivity contribution in [2.24, 2.45) is 0 Å². The van der Waals surface area contributed by atoms with Crippen LogP contribution in [0.15, 0.2) is 0 Å². The van der Waals surface area contributed by atoms with Gasteiger partial charge in [-0.2, -0.15) is 0 Å². The molecular weight excluding hydrogens is 250 g/mol. The van der Waals surface area contributed by atoms with Gasteiger partial charge in [0, 0.05) is 0 Å². The summed E-state index contributed by atoms with van der Waals surface area (Å²) in [4.78, 5) is 26.2. The summed E-state index contributed by atoms with van der Waals surface area (Å²) in [6.45, 7) is 0. The molecule has 0 unspecified atom stereocenters. The van der Waals surface area contributed by atoms with Gasteiger partial charge in [0.25, 0.3) is 0 Å². The van der Waals surface area contributed by atoms with Crippen LogP contribution in [0.4, 0.5) is 4.79 Å². The van der Waals surface area contributed by atoms with Crippen LogP contribution in [0.25, 0.3) is 0 Å². The molecule has 0 saturated carbocycles. The van der Waals surface area contributed by atoms with E-state index in [1.807, 2.05) is 0 Å². The van der Waals surface area contributed by atoms with Gasteiger partial charge in [0.1, 0.15) is 0 Å². The molecule has 0 spiro atoms. The molecular formula is C3H4FeLi2O9. The van der Waals surface area contributed by atoms with Crippen LogP contribution in [-0.4, -0.2) is 29.0 Å². The largest absolute Gasteiger partial charge is 2.00 e. The Bertz CT molecular complexity index is 145. The molecule has 0 aromatic heterocycles. The molecule has 0 aliphatic rings. The maximum absolute atomic E-state index is 8.93. The summed E-state index contributed by atoms with van der Waals surface area (Å²) < 4.78 is 0. The Morgan fingerprint density at radius 2 is 0.733 bits per heavy atom. The van der Waals surface area contributed by atoms with Crippen molar-refractivity contribution in [2.45, 2.75) is 0 Å². The summed E-state index contributed by atoms with van der Waals surface area (Å²) in [5.74, 6) is -4.37. The van der Waals surface area contributed by atoms with E-state index >= 15 is 0 Å². The van der Waals surface area contributed by atoms with E-state index in [1.165, 1.54) is 0 Å². The van der Waals surface area contributed by atoms with Crippen molar-refractivity contribution in [1.29, 1.82) is 0 Å². The monoisotopic (exact) mass is 254 g/mol. The van der Waals surface area contributed by atoms with Crippen LogP contribution in [0.1, 0.15) is 0 Å². The molecule has 4 N–H and O–H groups in total. The second kappa shape index (κ2) is 29.2. The summed E-state index contributed by atoms with van der Waals surface area (Å²) in [5.41, 5.74) is 0. The number of hydrogen-bond acceptors (Lipinski definition) is 7. The van der Waals surface area contributed by atoms with E-state index in [0.29, 0.717) is 0 Å². The predicted octanol–water partition coefficient (Wildman–Crippen LogP) is -13.6. The van der Waals surface area contributed by atoms with E-state index < -0.39 is 18.1 Å². The predicted molar refractivity (Wildman–Crippen MR) is 22.6 cm³/mol. The fourth-order valence-corrected chi connectivity index (χ4v) is 0. The number of aliphatic carboxylic acids is 2. The molecule has 0 amide bonds. The molecule has 0 saturated heterocycles. The van der Waals surface area contributed by atoms with E-state index in [4.69, 9.17) is 34.8 Å². The molecule has 0 radical (unpaired) electrons.